The molecule has 3 aromatic rings. The van der Waals surface area contributed by atoms with E-state index in [2.05, 4.69) is 15.8 Å². The van der Waals surface area contributed by atoms with Crippen LogP contribution in [0.3, 0.4) is 0 Å². The van der Waals surface area contributed by atoms with Crippen LogP contribution in [-0.2, 0) is 4.79 Å². The van der Waals surface area contributed by atoms with Gasteiger partial charge in [0.25, 0.3) is 11.8 Å². The Bertz CT molecular complexity index is 1200. The molecule has 0 saturated heterocycles. The second-order valence-corrected chi connectivity index (χ2v) is 7.00. The van der Waals surface area contributed by atoms with Crippen molar-refractivity contribution in [2.75, 3.05) is 19.0 Å². The largest absolute Gasteiger partial charge is 0.433 e. The SMILES string of the molecule is CN(C)c1ccc(C=C(NC(=O)c2ccccc2)C(=O)NN=Cc2ccc([N+](=O)[O-])o2)cc1. The molecule has 1 heterocycles. The molecule has 0 fully saturated rings. The van der Waals surface area contributed by atoms with Crippen LogP contribution in [0.1, 0.15) is 21.7 Å². The van der Waals surface area contributed by atoms with Crippen molar-refractivity contribution in [3.63, 3.8) is 0 Å². The van der Waals surface area contributed by atoms with Crippen molar-refractivity contribution >= 4 is 35.7 Å². The van der Waals surface area contributed by atoms with E-state index < -0.39 is 22.6 Å². The second-order valence-electron chi connectivity index (χ2n) is 7.00. The van der Waals surface area contributed by atoms with Gasteiger partial charge in [-0.3, -0.25) is 19.7 Å². The number of nitrogens with zero attached hydrogens (tertiary/aromatic N) is 3. The average molecular weight is 447 g/mol. The fourth-order valence-electron chi connectivity index (χ4n) is 2.70. The van der Waals surface area contributed by atoms with Crippen LogP contribution in [0.4, 0.5) is 11.6 Å². The molecule has 2 N–H and O–H groups in total. The van der Waals surface area contributed by atoms with Gasteiger partial charge in [0.05, 0.1) is 12.3 Å². The number of hydrogen-bond donors (Lipinski definition) is 2. The third-order valence-electron chi connectivity index (χ3n) is 4.40. The average Bonchev–Trinajstić information content (AvgIpc) is 3.29. The molecule has 0 aliphatic carbocycles. The molecular weight excluding hydrogens is 426 g/mol. The number of carbonyl (C=O) groups is 2. The minimum Gasteiger partial charge on any atom is -0.400 e. The minimum atomic E-state index is -0.687. The van der Waals surface area contributed by atoms with Crippen LogP contribution >= 0.6 is 0 Å². The number of benzene rings is 2. The first-order valence-electron chi connectivity index (χ1n) is 9.76. The van der Waals surface area contributed by atoms with E-state index in [1.54, 1.807) is 30.3 Å². The number of furan rings is 1. The van der Waals surface area contributed by atoms with Gasteiger partial charge in [0.15, 0.2) is 5.76 Å². The van der Waals surface area contributed by atoms with Crippen LogP contribution in [-0.4, -0.2) is 37.0 Å². The maximum absolute atomic E-state index is 12.7. The summed E-state index contributed by atoms with van der Waals surface area (Å²) in [5.41, 5.74) is 4.29. The summed E-state index contributed by atoms with van der Waals surface area (Å²) in [6.45, 7) is 0. The van der Waals surface area contributed by atoms with Crippen LogP contribution < -0.4 is 15.6 Å². The summed E-state index contributed by atoms with van der Waals surface area (Å²) in [6, 6.07) is 18.3. The number of hydrazone groups is 1. The molecule has 1 aromatic heterocycles. The van der Waals surface area contributed by atoms with Crippen molar-refractivity contribution in [2.24, 2.45) is 5.10 Å². The topological polar surface area (TPSA) is 130 Å². The van der Waals surface area contributed by atoms with E-state index in [0.717, 1.165) is 11.9 Å². The maximum atomic E-state index is 12.7. The van der Waals surface area contributed by atoms with Gasteiger partial charge in [0.2, 0.25) is 0 Å². The number of amides is 2. The van der Waals surface area contributed by atoms with Crippen molar-refractivity contribution in [1.82, 2.24) is 10.7 Å². The van der Waals surface area contributed by atoms with Crippen molar-refractivity contribution in [3.8, 4) is 0 Å². The van der Waals surface area contributed by atoms with Gasteiger partial charge in [0, 0.05) is 25.3 Å². The van der Waals surface area contributed by atoms with Gasteiger partial charge >= 0.3 is 5.88 Å². The number of nitro groups is 1. The lowest BCUT2D eigenvalue weighted by Crippen LogP contribution is -2.32. The molecule has 10 heteroatoms. The summed E-state index contributed by atoms with van der Waals surface area (Å²) in [5.74, 6) is -1.51. The van der Waals surface area contributed by atoms with Gasteiger partial charge < -0.3 is 14.6 Å². The Morgan fingerprint density at radius 1 is 1.03 bits per heavy atom. The normalized spacial score (nSPS) is 11.3. The second kappa shape index (κ2) is 10.5. The fraction of sp³-hybridized carbons (Fsp3) is 0.0870. The summed E-state index contributed by atoms with van der Waals surface area (Å²) in [4.78, 5) is 37.3. The Balaban J connectivity index is 1.80. The molecule has 0 spiro atoms. The molecule has 0 atom stereocenters. The summed E-state index contributed by atoms with van der Waals surface area (Å²) in [7, 11) is 3.82. The molecule has 0 aliphatic heterocycles. The van der Waals surface area contributed by atoms with Crippen LogP contribution in [0, 0.1) is 10.1 Å². The Morgan fingerprint density at radius 2 is 1.73 bits per heavy atom. The first kappa shape index (κ1) is 22.9. The third-order valence-corrected chi connectivity index (χ3v) is 4.40. The molecule has 2 aromatic carbocycles. The molecule has 10 nitrogen and oxygen atoms in total. The Morgan fingerprint density at radius 3 is 2.33 bits per heavy atom. The standard InChI is InChI=1S/C23H21N5O5/c1-27(2)18-10-8-16(9-11-18)14-20(25-22(29)17-6-4-3-5-7-17)23(30)26-24-15-19-12-13-21(33-19)28(31)32/h3-15H,1-2H3,(H,25,29)(H,26,30). The van der Waals surface area contributed by atoms with E-state index in [1.165, 1.54) is 18.2 Å². The molecular formula is C23H21N5O5. The summed E-state index contributed by atoms with van der Waals surface area (Å²) >= 11 is 0. The van der Waals surface area contributed by atoms with Crippen LogP contribution in [0.25, 0.3) is 6.08 Å². The molecule has 3 rings (SSSR count). The van der Waals surface area contributed by atoms with Gasteiger partial charge in [-0.05, 0) is 42.0 Å². The van der Waals surface area contributed by atoms with E-state index in [9.17, 15) is 19.7 Å². The highest BCUT2D eigenvalue weighted by Crippen LogP contribution is 2.15. The first-order valence-corrected chi connectivity index (χ1v) is 9.76. The van der Waals surface area contributed by atoms with Crippen molar-refractivity contribution < 1.29 is 18.9 Å². The highest BCUT2D eigenvalue weighted by Gasteiger charge is 2.15. The Kier molecular flexibility index (Phi) is 7.32. The zero-order chi connectivity index (χ0) is 23.8. The van der Waals surface area contributed by atoms with E-state index in [4.69, 9.17) is 4.42 Å². The van der Waals surface area contributed by atoms with Crippen molar-refractivity contribution in [1.29, 1.82) is 0 Å². The Labute approximate surface area is 189 Å². The monoisotopic (exact) mass is 447 g/mol. The predicted octanol–water partition coefficient (Wildman–Crippen LogP) is 3.18. The number of anilines is 1. The van der Waals surface area contributed by atoms with Crippen LogP contribution in [0.5, 0.6) is 0 Å². The molecule has 168 valence electrons. The lowest BCUT2D eigenvalue weighted by Gasteiger charge is -2.12. The molecule has 33 heavy (non-hydrogen) atoms. The van der Waals surface area contributed by atoms with Crippen LogP contribution in [0.2, 0.25) is 0 Å². The zero-order valence-corrected chi connectivity index (χ0v) is 17.9. The molecule has 2 amide bonds. The number of rotatable bonds is 8. The lowest BCUT2D eigenvalue weighted by atomic mass is 10.1. The fourth-order valence-corrected chi connectivity index (χ4v) is 2.70. The molecule has 0 saturated carbocycles. The summed E-state index contributed by atoms with van der Waals surface area (Å²) < 4.78 is 4.95. The lowest BCUT2D eigenvalue weighted by molar-refractivity contribution is -0.402. The smallest absolute Gasteiger partial charge is 0.400 e. The number of nitrogens with one attached hydrogen (secondary N) is 2. The van der Waals surface area contributed by atoms with Gasteiger partial charge in [-0.25, -0.2) is 5.43 Å². The predicted molar refractivity (Wildman–Crippen MR) is 124 cm³/mol. The van der Waals surface area contributed by atoms with E-state index in [1.807, 2.05) is 43.3 Å². The quantitative estimate of drug-likeness (QED) is 0.236. The molecule has 0 unspecified atom stereocenters. The molecule has 0 radical (unpaired) electrons. The van der Waals surface area contributed by atoms with Gasteiger partial charge in [-0.2, -0.15) is 5.10 Å². The van der Waals surface area contributed by atoms with E-state index in [-0.39, 0.29) is 11.5 Å². The molecule has 0 bridgehead atoms. The van der Waals surface area contributed by atoms with Crippen molar-refractivity contribution in [2.45, 2.75) is 0 Å². The van der Waals surface area contributed by atoms with Crippen molar-refractivity contribution in [3.05, 3.63) is 99.4 Å². The number of hydrogen-bond acceptors (Lipinski definition) is 7. The summed E-state index contributed by atoms with van der Waals surface area (Å²) in [5, 5.41) is 17.0. The van der Waals surface area contributed by atoms with Gasteiger partial charge in [0.1, 0.15) is 10.6 Å². The Hall–Kier alpha value is -4.73. The van der Waals surface area contributed by atoms with E-state index in [0.29, 0.717) is 11.1 Å². The maximum Gasteiger partial charge on any atom is 0.433 e. The summed E-state index contributed by atoms with van der Waals surface area (Å²) in [6.07, 6.45) is 2.64. The van der Waals surface area contributed by atoms with Crippen LogP contribution in [0.15, 0.2) is 81.9 Å². The highest BCUT2D eigenvalue weighted by molar-refractivity contribution is 6.05. The van der Waals surface area contributed by atoms with Gasteiger partial charge in [-0.15, -0.1) is 0 Å². The third kappa shape index (κ3) is 6.37. The zero-order valence-electron chi connectivity index (χ0n) is 17.9. The first-order chi connectivity index (χ1) is 15.8. The highest BCUT2D eigenvalue weighted by atomic mass is 16.6. The number of carbonyl (C=O) groups excluding carboxylic acids is 2. The van der Waals surface area contributed by atoms with Gasteiger partial charge in [-0.1, -0.05) is 30.3 Å². The van der Waals surface area contributed by atoms with E-state index >= 15 is 0 Å². The minimum absolute atomic E-state index is 0.0379. The molecule has 0 aliphatic rings.